The third kappa shape index (κ3) is 3.17. The number of hydrogen-bond acceptors (Lipinski definition) is 5. The van der Waals surface area contributed by atoms with Crippen LogP contribution in [0.1, 0.15) is 22.2 Å². The molecule has 4 nitrogen and oxygen atoms in total. The van der Waals surface area contributed by atoms with E-state index in [0.717, 1.165) is 15.8 Å². The Hall–Kier alpha value is -2.47. The molecular formula is C17H15FN2O2S. The van der Waals surface area contributed by atoms with Gasteiger partial charge in [0.15, 0.2) is 0 Å². The molecule has 0 fully saturated rings. The summed E-state index contributed by atoms with van der Waals surface area (Å²) in [5.41, 5.74) is 2.09. The third-order valence-corrected chi connectivity index (χ3v) is 4.45. The summed E-state index contributed by atoms with van der Waals surface area (Å²) in [5.74, 6) is -0.382. The summed E-state index contributed by atoms with van der Waals surface area (Å²) in [6.45, 7) is 1.54. The number of nitrogens with zero attached hydrogens (tertiary/aromatic N) is 1. The zero-order chi connectivity index (χ0) is 16.2. The number of aromatic nitrogens is 1. The largest absolute Gasteiger partial charge is 0.462 e. The van der Waals surface area contributed by atoms with Crippen molar-refractivity contribution in [3.05, 3.63) is 53.2 Å². The van der Waals surface area contributed by atoms with Gasteiger partial charge in [-0.15, -0.1) is 11.3 Å². The van der Waals surface area contributed by atoms with Crippen LogP contribution in [0.2, 0.25) is 0 Å². The Morgan fingerprint density at radius 3 is 2.78 bits per heavy atom. The van der Waals surface area contributed by atoms with Crippen LogP contribution in [0.25, 0.3) is 10.1 Å². The molecule has 0 saturated heterocycles. The second-order valence-corrected chi connectivity index (χ2v) is 5.90. The van der Waals surface area contributed by atoms with E-state index in [1.54, 1.807) is 31.5 Å². The zero-order valence-corrected chi connectivity index (χ0v) is 13.3. The first kappa shape index (κ1) is 15.4. The average Bonchev–Trinajstić information content (AvgIpc) is 2.94. The van der Waals surface area contributed by atoms with E-state index in [1.165, 1.54) is 11.3 Å². The van der Waals surface area contributed by atoms with Crippen LogP contribution >= 0.6 is 11.3 Å². The third-order valence-electron chi connectivity index (χ3n) is 3.32. The molecule has 1 aromatic carbocycles. The summed E-state index contributed by atoms with van der Waals surface area (Å²) in [4.78, 5) is 16.7. The van der Waals surface area contributed by atoms with Gasteiger partial charge >= 0.3 is 5.97 Å². The van der Waals surface area contributed by atoms with Gasteiger partial charge in [-0.1, -0.05) is 12.1 Å². The minimum absolute atomic E-state index is 0.303. The van der Waals surface area contributed by atoms with Crippen molar-refractivity contribution in [2.75, 3.05) is 11.9 Å². The first-order valence-electron chi connectivity index (χ1n) is 7.18. The fraction of sp³-hybridized carbons (Fsp3) is 0.176. The molecule has 0 atom stereocenters. The number of nitrogens with one attached hydrogen (secondary N) is 1. The Kier molecular flexibility index (Phi) is 4.52. The van der Waals surface area contributed by atoms with Crippen molar-refractivity contribution in [3.8, 4) is 0 Å². The van der Waals surface area contributed by atoms with E-state index in [4.69, 9.17) is 4.74 Å². The van der Waals surface area contributed by atoms with Crippen LogP contribution in [0.15, 0.2) is 42.7 Å². The van der Waals surface area contributed by atoms with Gasteiger partial charge in [-0.05, 0) is 30.7 Å². The van der Waals surface area contributed by atoms with Gasteiger partial charge in [-0.3, -0.25) is 4.98 Å². The van der Waals surface area contributed by atoms with E-state index >= 15 is 0 Å². The van der Waals surface area contributed by atoms with Crippen LogP contribution in [-0.2, 0) is 11.4 Å². The molecule has 0 aliphatic heterocycles. The van der Waals surface area contributed by atoms with Crippen molar-refractivity contribution in [2.24, 2.45) is 0 Å². The lowest BCUT2D eigenvalue weighted by molar-refractivity contribution is 0.0533. The summed E-state index contributed by atoms with van der Waals surface area (Å²) in [6.07, 6.45) is 3.34. The lowest BCUT2D eigenvalue weighted by atomic mass is 10.1. The van der Waals surface area contributed by atoms with E-state index in [0.29, 0.717) is 22.7 Å². The number of hydrogen-bond donors (Lipinski definition) is 1. The normalized spacial score (nSPS) is 10.7. The highest BCUT2D eigenvalue weighted by Crippen LogP contribution is 2.38. The number of thiophene rings is 1. The summed E-state index contributed by atoms with van der Waals surface area (Å²) in [5, 5.41) is 4.12. The van der Waals surface area contributed by atoms with Crippen molar-refractivity contribution in [3.63, 3.8) is 0 Å². The Bertz CT molecular complexity index is 833. The Morgan fingerprint density at radius 2 is 2.09 bits per heavy atom. The van der Waals surface area contributed by atoms with Gasteiger partial charge in [-0.25, -0.2) is 9.18 Å². The van der Waals surface area contributed by atoms with E-state index in [9.17, 15) is 9.18 Å². The molecule has 0 aliphatic rings. The minimum Gasteiger partial charge on any atom is -0.462 e. The van der Waals surface area contributed by atoms with E-state index in [1.807, 2.05) is 18.2 Å². The molecule has 0 spiro atoms. The first-order chi connectivity index (χ1) is 11.2. The second kappa shape index (κ2) is 6.75. The molecule has 118 valence electrons. The number of benzene rings is 1. The molecule has 23 heavy (non-hydrogen) atoms. The summed E-state index contributed by atoms with van der Waals surface area (Å²) in [7, 11) is 0. The highest BCUT2D eigenvalue weighted by atomic mass is 32.1. The monoisotopic (exact) mass is 330 g/mol. The van der Waals surface area contributed by atoms with Gasteiger partial charge in [0.1, 0.15) is 11.6 Å². The van der Waals surface area contributed by atoms with Crippen molar-refractivity contribution >= 4 is 38.8 Å². The maximum Gasteiger partial charge on any atom is 0.350 e. The molecule has 1 N–H and O–H groups in total. The molecule has 0 unspecified atom stereocenters. The highest BCUT2D eigenvalue weighted by Gasteiger charge is 2.20. The number of rotatable bonds is 5. The number of esters is 1. The topological polar surface area (TPSA) is 51.2 Å². The fourth-order valence-electron chi connectivity index (χ4n) is 2.27. The molecule has 3 rings (SSSR count). The number of pyridine rings is 1. The molecule has 0 radical (unpaired) electrons. The molecule has 2 heterocycles. The fourth-order valence-corrected chi connectivity index (χ4v) is 3.38. The van der Waals surface area contributed by atoms with Gasteiger partial charge in [-0.2, -0.15) is 0 Å². The standard InChI is InChI=1S/C17H15FN2O2S/c1-2-22-17(21)16-15(20-12-5-7-19-8-6-12)13-4-3-11(10-18)9-14(13)23-16/h3-9H,2,10H2,1H3,(H,19,20). The van der Waals surface area contributed by atoms with Crippen molar-refractivity contribution in [1.29, 1.82) is 0 Å². The minimum atomic E-state index is -0.532. The maximum atomic E-state index is 12.9. The molecule has 6 heteroatoms. The molecule has 0 amide bonds. The summed E-state index contributed by atoms with van der Waals surface area (Å²) >= 11 is 1.30. The zero-order valence-electron chi connectivity index (χ0n) is 12.5. The number of ether oxygens (including phenoxy) is 1. The van der Waals surface area contributed by atoms with Crippen LogP contribution in [0, 0.1) is 0 Å². The van der Waals surface area contributed by atoms with Gasteiger partial charge in [0.2, 0.25) is 0 Å². The first-order valence-corrected chi connectivity index (χ1v) is 8.00. The Morgan fingerprint density at radius 1 is 1.30 bits per heavy atom. The maximum absolute atomic E-state index is 12.9. The number of alkyl halides is 1. The number of fused-ring (bicyclic) bond motifs is 1. The predicted octanol–water partition coefficient (Wildman–Crippen LogP) is 4.69. The van der Waals surface area contributed by atoms with Gasteiger partial charge < -0.3 is 10.1 Å². The second-order valence-electron chi connectivity index (χ2n) is 4.85. The highest BCUT2D eigenvalue weighted by molar-refractivity contribution is 7.21. The van der Waals surface area contributed by atoms with Gasteiger partial charge in [0.25, 0.3) is 0 Å². The van der Waals surface area contributed by atoms with E-state index < -0.39 is 6.67 Å². The molecule has 2 aromatic heterocycles. The van der Waals surface area contributed by atoms with Crippen LogP contribution < -0.4 is 5.32 Å². The summed E-state index contributed by atoms with van der Waals surface area (Å²) in [6, 6.07) is 8.94. The number of anilines is 2. The lowest BCUT2D eigenvalue weighted by Gasteiger charge is -2.08. The molecule has 0 saturated carbocycles. The van der Waals surface area contributed by atoms with Gasteiger partial charge in [0.05, 0.1) is 12.3 Å². The smallest absolute Gasteiger partial charge is 0.350 e. The van der Waals surface area contributed by atoms with E-state index in [2.05, 4.69) is 10.3 Å². The quantitative estimate of drug-likeness (QED) is 0.690. The van der Waals surface area contributed by atoms with Crippen LogP contribution in [0.3, 0.4) is 0 Å². The predicted molar refractivity (Wildman–Crippen MR) is 90.1 cm³/mol. The number of halogens is 1. The molecule has 0 aliphatic carbocycles. The Labute approximate surface area is 136 Å². The van der Waals surface area contributed by atoms with Crippen LogP contribution in [0.5, 0.6) is 0 Å². The van der Waals surface area contributed by atoms with Crippen molar-refractivity contribution in [2.45, 2.75) is 13.6 Å². The number of carbonyl (C=O) groups excluding carboxylic acids is 1. The lowest BCUT2D eigenvalue weighted by Crippen LogP contribution is -2.05. The van der Waals surface area contributed by atoms with Crippen molar-refractivity contribution < 1.29 is 13.9 Å². The summed E-state index contributed by atoms with van der Waals surface area (Å²) < 4.78 is 18.9. The van der Waals surface area contributed by atoms with Crippen LogP contribution in [-0.4, -0.2) is 17.6 Å². The van der Waals surface area contributed by atoms with Crippen molar-refractivity contribution in [1.82, 2.24) is 4.98 Å². The molecule has 0 bridgehead atoms. The molecule has 3 aromatic rings. The SMILES string of the molecule is CCOC(=O)c1sc2cc(CF)ccc2c1Nc1ccncc1. The van der Waals surface area contributed by atoms with E-state index in [-0.39, 0.29) is 5.97 Å². The van der Waals surface area contributed by atoms with Crippen LogP contribution in [0.4, 0.5) is 15.8 Å². The number of carbonyl (C=O) groups is 1. The molecular weight excluding hydrogens is 315 g/mol. The Balaban J connectivity index is 2.11. The average molecular weight is 330 g/mol. The van der Waals surface area contributed by atoms with Gasteiger partial charge in [0, 0.05) is 28.2 Å².